The van der Waals surface area contributed by atoms with E-state index in [0.29, 0.717) is 12.0 Å². The molecule has 0 spiro atoms. The van der Waals surface area contributed by atoms with Gasteiger partial charge in [-0.15, -0.1) is 0 Å². The number of carbonyl (C=O) groups is 1. The first-order chi connectivity index (χ1) is 7.51. The molecule has 3 rings (SSSR count). The van der Waals surface area contributed by atoms with Crippen molar-refractivity contribution in [3.05, 3.63) is 0 Å². The van der Waals surface area contributed by atoms with E-state index in [2.05, 4.69) is 13.8 Å². The molecule has 3 atom stereocenters. The third-order valence-corrected chi connectivity index (χ3v) is 4.86. The number of rotatable bonds is 5. The summed E-state index contributed by atoms with van der Waals surface area (Å²) >= 11 is 0. The monoisotopic (exact) mass is 226 g/mol. The van der Waals surface area contributed by atoms with E-state index in [4.69, 9.17) is 9.84 Å². The molecule has 0 aromatic rings. The summed E-state index contributed by atoms with van der Waals surface area (Å²) in [5.41, 5.74) is 0.524. The van der Waals surface area contributed by atoms with Crippen molar-refractivity contribution in [2.24, 2.45) is 23.2 Å². The highest BCUT2D eigenvalue weighted by Crippen LogP contribution is 2.61. The zero-order valence-corrected chi connectivity index (χ0v) is 10.2. The van der Waals surface area contributed by atoms with E-state index in [1.165, 1.54) is 19.3 Å². The highest BCUT2D eigenvalue weighted by atomic mass is 16.5. The molecular formula is C13H22O3. The number of hydrogen-bond donors (Lipinski definition) is 1. The summed E-state index contributed by atoms with van der Waals surface area (Å²) in [4.78, 5) is 10.3. The predicted molar refractivity (Wildman–Crippen MR) is 61.2 cm³/mol. The predicted octanol–water partition coefficient (Wildman–Crippen LogP) is 2.55. The highest BCUT2D eigenvalue weighted by Gasteiger charge is 2.53. The molecule has 0 amide bonds. The van der Waals surface area contributed by atoms with Crippen molar-refractivity contribution >= 4 is 5.97 Å². The molecule has 92 valence electrons. The van der Waals surface area contributed by atoms with Crippen LogP contribution in [0.5, 0.6) is 0 Å². The van der Waals surface area contributed by atoms with Gasteiger partial charge in [0, 0.05) is 6.61 Å². The summed E-state index contributed by atoms with van der Waals surface area (Å²) < 4.78 is 5.13. The van der Waals surface area contributed by atoms with Crippen molar-refractivity contribution in [3.8, 4) is 0 Å². The van der Waals surface area contributed by atoms with Gasteiger partial charge < -0.3 is 9.84 Å². The number of carboxylic acids is 1. The lowest BCUT2D eigenvalue weighted by atomic mass is 9.45. The van der Waals surface area contributed by atoms with Gasteiger partial charge in [0.15, 0.2) is 0 Å². The van der Waals surface area contributed by atoms with Gasteiger partial charge in [-0.3, -0.25) is 0 Å². The Kier molecular flexibility index (Phi) is 3.24. The molecule has 3 heteroatoms. The van der Waals surface area contributed by atoms with Gasteiger partial charge in [-0.1, -0.05) is 13.8 Å². The van der Waals surface area contributed by atoms with Crippen LogP contribution in [0.3, 0.4) is 0 Å². The maximum Gasteiger partial charge on any atom is 0.329 e. The third kappa shape index (κ3) is 2.10. The fraction of sp³-hybridized carbons (Fsp3) is 0.923. The van der Waals surface area contributed by atoms with Gasteiger partial charge in [-0.25, -0.2) is 4.79 Å². The molecule has 0 saturated heterocycles. The second-order valence-electron chi connectivity index (χ2n) is 5.93. The number of hydrogen-bond acceptors (Lipinski definition) is 2. The van der Waals surface area contributed by atoms with Gasteiger partial charge >= 0.3 is 5.97 Å². The van der Waals surface area contributed by atoms with Crippen LogP contribution in [-0.4, -0.2) is 24.3 Å². The zero-order chi connectivity index (χ0) is 11.8. The minimum Gasteiger partial charge on any atom is -0.480 e. The topological polar surface area (TPSA) is 46.5 Å². The first kappa shape index (κ1) is 11.9. The van der Waals surface area contributed by atoms with Crippen LogP contribution in [0.2, 0.25) is 0 Å². The number of carboxylic acid groups (broad SMARTS) is 1. The molecule has 3 nitrogen and oxygen atoms in total. The van der Waals surface area contributed by atoms with Crippen molar-refractivity contribution in [2.45, 2.75) is 39.5 Å². The number of fused-ring (bicyclic) bond motifs is 2. The van der Waals surface area contributed by atoms with Gasteiger partial charge in [0.05, 0.1) is 0 Å². The molecule has 1 N–H and O–H groups in total. The molecule has 3 aliphatic carbocycles. The summed E-state index contributed by atoms with van der Waals surface area (Å²) in [7, 11) is 0. The summed E-state index contributed by atoms with van der Waals surface area (Å²) in [5, 5.41) is 8.47. The molecule has 0 aromatic heterocycles. The summed E-state index contributed by atoms with van der Waals surface area (Å²) in [6, 6.07) is 0. The van der Waals surface area contributed by atoms with Gasteiger partial charge in [0.1, 0.15) is 6.61 Å². The summed E-state index contributed by atoms with van der Waals surface area (Å²) in [5.74, 6) is 1.68. The van der Waals surface area contributed by atoms with Crippen LogP contribution in [0.25, 0.3) is 0 Å². The highest BCUT2D eigenvalue weighted by molar-refractivity contribution is 5.67. The van der Waals surface area contributed by atoms with Crippen molar-refractivity contribution in [1.82, 2.24) is 0 Å². The van der Waals surface area contributed by atoms with Gasteiger partial charge in [0.25, 0.3) is 0 Å². The van der Waals surface area contributed by atoms with Gasteiger partial charge in [0.2, 0.25) is 0 Å². The second-order valence-corrected chi connectivity index (χ2v) is 5.93. The number of ether oxygens (including phenoxy) is 1. The van der Waals surface area contributed by atoms with Gasteiger partial charge in [-0.2, -0.15) is 0 Å². The van der Waals surface area contributed by atoms with Crippen LogP contribution >= 0.6 is 0 Å². The smallest absolute Gasteiger partial charge is 0.329 e. The minimum absolute atomic E-state index is 0.149. The van der Waals surface area contributed by atoms with Crippen LogP contribution in [0.15, 0.2) is 0 Å². The first-order valence-corrected chi connectivity index (χ1v) is 6.31. The average Bonchev–Trinajstić information content (AvgIpc) is 2.24. The molecule has 3 fully saturated rings. The van der Waals surface area contributed by atoms with Crippen LogP contribution in [0.4, 0.5) is 0 Å². The third-order valence-electron chi connectivity index (χ3n) is 4.86. The van der Waals surface area contributed by atoms with E-state index in [1.807, 2.05) is 0 Å². The van der Waals surface area contributed by atoms with E-state index < -0.39 is 5.97 Å². The Morgan fingerprint density at radius 3 is 2.75 bits per heavy atom. The maximum atomic E-state index is 10.3. The van der Waals surface area contributed by atoms with Crippen molar-refractivity contribution in [3.63, 3.8) is 0 Å². The van der Waals surface area contributed by atoms with Crippen molar-refractivity contribution in [2.75, 3.05) is 13.2 Å². The first-order valence-electron chi connectivity index (χ1n) is 6.31. The fourth-order valence-electron chi connectivity index (χ4n) is 3.70. The Labute approximate surface area is 97.2 Å². The number of aliphatic carboxylic acids is 1. The Bertz CT molecular complexity index is 270. The maximum absolute atomic E-state index is 10.3. The Morgan fingerprint density at radius 1 is 1.44 bits per heavy atom. The van der Waals surface area contributed by atoms with E-state index in [9.17, 15) is 4.79 Å². The molecule has 0 aromatic carbocycles. The van der Waals surface area contributed by atoms with Crippen LogP contribution in [0.1, 0.15) is 39.5 Å². The molecule has 2 bridgehead atoms. The van der Waals surface area contributed by atoms with Crippen LogP contribution in [-0.2, 0) is 9.53 Å². The molecule has 3 saturated carbocycles. The normalized spacial score (nSPS) is 35.5. The molecule has 16 heavy (non-hydrogen) atoms. The van der Waals surface area contributed by atoms with Crippen molar-refractivity contribution < 1.29 is 14.6 Å². The summed E-state index contributed by atoms with van der Waals surface area (Å²) in [6.45, 7) is 5.23. The molecular weight excluding hydrogens is 204 g/mol. The average molecular weight is 226 g/mol. The second kappa shape index (κ2) is 4.36. The zero-order valence-electron chi connectivity index (χ0n) is 10.2. The molecule has 0 aliphatic heterocycles. The lowest BCUT2D eigenvalue weighted by Crippen LogP contribution is -2.52. The molecule has 0 radical (unpaired) electrons. The van der Waals surface area contributed by atoms with Gasteiger partial charge in [-0.05, 0) is 48.9 Å². The van der Waals surface area contributed by atoms with E-state index in [0.717, 1.165) is 24.2 Å². The van der Waals surface area contributed by atoms with Crippen LogP contribution < -0.4 is 0 Å². The Balaban J connectivity index is 1.72. The quantitative estimate of drug-likeness (QED) is 0.733. The Hall–Kier alpha value is -0.570. The standard InChI is InChI=1S/C13H22O3/c1-13(2)10-4-3-9(11(13)7-10)5-6-16-8-12(14)15/h9-11H,3-8H2,1-2H3,(H,14,15)/t9-,10-,11+/m0/s1. The molecule has 3 aliphatic rings. The largest absolute Gasteiger partial charge is 0.480 e. The van der Waals surface area contributed by atoms with Crippen molar-refractivity contribution in [1.29, 1.82) is 0 Å². The summed E-state index contributed by atoms with van der Waals surface area (Å²) in [6.07, 6.45) is 5.09. The van der Waals surface area contributed by atoms with E-state index >= 15 is 0 Å². The molecule has 0 unspecified atom stereocenters. The minimum atomic E-state index is -0.868. The lowest BCUT2D eigenvalue weighted by Gasteiger charge is -2.60. The van der Waals surface area contributed by atoms with E-state index in [1.54, 1.807) is 0 Å². The SMILES string of the molecule is CC1(C)[C@H]2CC[C@@H](CCOCC(=O)O)[C@H]1C2. The Morgan fingerprint density at radius 2 is 2.19 bits per heavy atom. The fourth-order valence-corrected chi connectivity index (χ4v) is 3.70. The lowest BCUT2D eigenvalue weighted by molar-refractivity contribution is -0.143. The molecule has 0 heterocycles. The van der Waals surface area contributed by atoms with E-state index in [-0.39, 0.29) is 6.61 Å². The van der Waals surface area contributed by atoms with Crippen LogP contribution in [0, 0.1) is 23.2 Å².